The zero-order chi connectivity index (χ0) is 22.1. The van der Waals surface area contributed by atoms with Crippen LogP contribution in [0.15, 0.2) is 30.5 Å². The molecule has 11 nitrogen and oxygen atoms in total. The number of carboxylic acids is 1. The van der Waals surface area contributed by atoms with Gasteiger partial charge in [-0.15, -0.1) is 0 Å². The molecule has 1 aromatic carbocycles. The summed E-state index contributed by atoms with van der Waals surface area (Å²) in [6.45, 7) is -0.449. The first-order valence-corrected chi connectivity index (χ1v) is 9.03. The molecule has 0 fully saturated rings. The van der Waals surface area contributed by atoms with Gasteiger partial charge in [0.05, 0.1) is 6.54 Å². The molecule has 2 atom stereocenters. The van der Waals surface area contributed by atoms with Crippen LogP contribution in [-0.4, -0.2) is 63.4 Å². The van der Waals surface area contributed by atoms with E-state index in [1.54, 1.807) is 6.20 Å². The molecular formula is C19H21N5O6. The summed E-state index contributed by atoms with van der Waals surface area (Å²) in [5.74, 6) is -3.63. The summed E-state index contributed by atoms with van der Waals surface area (Å²) in [6, 6.07) is 5.91. The van der Waals surface area contributed by atoms with Gasteiger partial charge in [-0.1, -0.05) is 18.2 Å². The number of nitrogens with one attached hydrogen (secondary N) is 2. The number of ketones is 1. The number of benzene rings is 1. The highest BCUT2D eigenvalue weighted by Crippen LogP contribution is 2.20. The topological polar surface area (TPSA) is 188 Å². The zero-order valence-electron chi connectivity index (χ0n) is 15.9. The SMILES string of the molecule is [N-]=[N+]=CC(=O)CCC(NC(=O)C(Cc1c[nH]c2ccccc12)OC(=O)CN)C(=O)O. The van der Waals surface area contributed by atoms with Crippen molar-refractivity contribution in [3.8, 4) is 0 Å². The highest BCUT2D eigenvalue weighted by Gasteiger charge is 2.29. The minimum absolute atomic E-state index is 0.00989. The summed E-state index contributed by atoms with van der Waals surface area (Å²) in [7, 11) is 0. The zero-order valence-corrected chi connectivity index (χ0v) is 15.9. The average molecular weight is 415 g/mol. The molecule has 1 amide bonds. The monoisotopic (exact) mass is 415 g/mol. The number of carbonyl (C=O) groups is 4. The van der Waals surface area contributed by atoms with Crippen molar-refractivity contribution >= 4 is 40.7 Å². The Hall–Kier alpha value is -3.82. The van der Waals surface area contributed by atoms with Gasteiger partial charge in [0.15, 0.2) is 6.10 Å². The van der Waals surface area contributed by atoms with Crippen LogP contribution < -0.4 is 11.1 Å². The van der Waals surface area contributed by atoms with Crippen molar-refractivity contribution < 1.29 is 33.8 Å². The minimum Gasteiger partial charge on any atom is -0.480 e. The van der Waals surface area contributed by atoms with Crippen molar-refractivity contribution in [1.29, 1.82) is 0 Å². The second kappa shape index (κ2) is 10.6. The Labute approximate surface area is 170 Å². The first-order valence-electron chi connectivity index (χ1n) is 9.03. The molecule has 11 heteroatoms. The summed E-state index contributed by atoms with van der Waals surface area (Å²) in [4.78, 5) is 52.9. The molecule has 0 radical (unpaired) electrons. The lowest BCUT2D eigenvalue weighted by Crippen LogP contribution is -2.48. The number of Topliss-reactive ketones (excluding diaryl/α,β-unsaturated/α-hetero) is 1. The standard InChI is InChI=1S/C19H21N5O6/c20-8-17(26)30-16(7-11-9-22-14-4-2-1-3-13(11)14)18(27)24-15(19(28)29)6-5-12(25)10-23-21/h1-4,9-10,15-16,22H,5-8,20H2,(H,24,27)(H,28,29). The molecule has 0 aliphatic carbocycles. The van der Waals surface area contributed by atoms with Gasteiger partial charge >= 0.3 is 18.2 Å². The molecule has 0 saturated heterocycles. The third-order valence-corrected chi connectivity index (χ3v) is 4.31. The van der Waals surface area contributed by atoms with Crippen LogP contribution in [-0.2, 0) is 30.3 Å². The van der Waals surface area contributed by atoms with Gasteiger partial charge < -0.3 is 31.4 Å². The van der Waals surface area contributed by atoms with E-state index >= 15 is 0 Å². The average Bonchev–Trinajstić information content (AvgIpc) is 3.13. The van der Waals surface area contributed by atoms with E-state index in [4.69, 9.17) is 16.0 Å². The Morgan fingerprint density at radius 1 is 1.30 bits per heavy atom. The smallest absolute Gasteiger partial charge is 0.326 e. The fraction of sp³-hybridized carbons (Fsp3) is 0.316. The Kier molecular flexibility index (Phi) is 7.98. The fourth-order valence-electron chi connectivity index (χ4n) is 2.83. The molecule has 2 rings (SSSR count). The van der Waals surface area contributed by atoms with E-state index < -0.39 is 42.3 Å². The summed E-state index contributed by atoms with van der Waals surface area (Å²) in [5, 5.41) is 12.4. The summed E-state index contributed by atoms with van der Waals surface area (Å²) < 4.78 is 5.12. The van der Waals surface area contributed by atoms with E-state index in [-0.39, 0.29) is 19.3 Å². The predicted octanol–water partition coefficient (Wildman–Crippen LogP) is -0.200. The minimum atomic E-state index is -1.41. The normalized spacial score (nSPS) is 12.4. The number of aromatic nitrogens is 1. The molecule has 0 bridgehead atoms. The number of carbonyl (C=O) groups excluding carboxylic acids is 3. The maximum atomic E-state index is 12.7. The number of nitrogens with zero attached hydrogens (tertiary/aromatic N) is 2. The van der Waals surface area contributed by atoms with E-state index in [9.17, 15) is 24.3 Å². The van der Waals surface area contributed by atoms with Crippen molar-refractivity contribution in [2.24, 2.45) is 5.73 Å². The molecule has 0 spiro atoms. The molecule has 2 unspecified atom stereocenters. The molecule has 0 aliphatic heterocycles. The van der Waals surface area contributed by atoms with Crippen LogP contribution >= 0.6 is 0 Å². The first-order chi connectivity index (χ1) is 14.3. The maximum Gasteiger partial charge on any atom is 0.326 e. The van der Waals surface area contributed by atoms with E-state index in [0.29, 0.717) is 11.8 Å². The van der Waals surface area contributed by atoms with E-state index in [2.05, 4.69) is 15.1 Å². The number of aromatic amines is 1. The molecule has 158 valence electrons. The van der Waals surface area contributed by atoms with Crippen molar-refractivity contribution in [3.63, 3.8) is 0 Å². The van der Waals surface area contributed by atoms with Gasteiger partial charge in [-0.2, -0.15) is 4.79 Å². The van der Waals surface area contributed by atoms with E-state index in [0.717, 1.165) is 10.9 Å². The number of esters is 1. The number of fused-ring (bicyclic) bond motifs is 1. The Balaban J connectivity index is 2.16. The van der Waals surface area contributed by atoms with Gasteiger partial charge in [0.25, 0.3) is 5.91 Å². The largest absolute Gasteiger partial charge is 0.480 e. The van der Waals surface area contributed by atoms with Crippen LogP contribution in [0.4, 0.5) is 0 Å². The van der Waals surface area contributed by atoms with E-state index in [1.165, 1.54) is 0 Å². The van der Waals surface area contributed by atoms with Gasteiger partial charge in [0.2, 0.25) is 5.78 Å². The highest BCUT2D eigenvalue weighted by molar-refractivity contribution is 6.25. The summed E-state index contributed by atoms with van der Waals surface area (Å²) >= 11 is 0. The summed E-state index contributed by atoms with van der Waals surface area (Å²) in [6.07, 6.45) is 0.473. The molecule has 0 aliphatic rings. The van der Waals surface area contributed by atoms with Gasteiger partial charge in [-0.05, 0) is 18.1 Å². The molecule has 5 N–H and O–H groups in total. The quantitative estimate of drug-likeness (QED) is 0.169. The van der Waals surface area contributed by atoms with Crippen molar-refractivity contribution in [1.82, 2.24) is 10.3 Å². The molecular weight excluding hydrogens is 394 g/mol. The number of aliphatic carboxylic acids is 1. The lowest BCUT2D eigenvalue weighted by Gasteiger charge is -2.20. The second-order valence-electron chi connectivity index (χ2n) is 6.40. The maximum absolute atomic E-state index is 12.7. The van der Waals surface area contributed by atoms with Crippen LogP contribution in [0.3, 0.4) is 0 Å². The number of hydrogen-bond acceptors (Lipinski definition) is 6. The number of H-pyrrole nitrogens is 1. The Morgan fingerprint density at radius 2 is 2.03 bits per heavy atom. The number of carboxylic acid groups (broad SMARTS) is 1. The van der Waals surface area contributed by atoms with Crippen LogP contribution in [0.25, 0.3) is 16.4 Å². The molecule has 1 aromatic heterocycles. The molecule has 1 heterocycles. The number of rotatable bonds is 11. The van der Waals surface area contributed by atoms with Gasteiger partial charge in [0, 0.05) is 29.9 Å². The lowest BCUT2D eigenvalue weighted by atomic mass is 10.0. The lowest BCUT2D eigenvalue weighted by molar-refractivity contribution is -0.155. The fourth-order valence-corrected chi connectivity index (χ4v) is 2.83. The van der Waals surface area contributed by atoms with Gasteiger partial charge in [-0.25, -0.2) is 4.79 Å². The van der Waals surface area contributed by atoms with Gasteiger partial charge in [-0.3, -0.25) is 14.4 Å². The number of ether oxygens (including phenoxy) is 1. The number of para-hydroxylation sites is 1. The van der Waals surface area contributed by atoms with Crippen molar-refractivity contribution in [2.45, 2.75) is 31.4 Å². The van der Waals surface area contributed by atoms with Crippen molar-refractivity contribution in [2.75, 3.05) is 6.54 Å². The van der Waals surface area contributed by atoms with E-state index in [1.807, 2.05) is 24.3 Å². The highest BCUT2D eigenvalue weighted by atomic mass is 16.5. The summed E-state index contributed by atoms with van der Waals surface area (Å²) in [5.41, 5.74) is 15.1. The second-order valence-corrected chi connectivity index (χ2v) is 6.40. The Bertz CT molecular complexity index is 994. The first kappa shape index (κ1) is 22.5. The predicted molar refractivity (Wildman–Crippen MR) is 104 cm³/mol. The third-order valence-electron chi connectivity index (χ3n) is 4.31. The van der Waals surface area contributed by atoms with Crippen LogP contribution in [0.2, 0.25) is 0 Å². The number of amides is 1. The number of hydrogen-bond donors (Lipinski definition) is 4. The Morgan fingerprint density at radius 3 is 2.70 bits per heavy atom. The van der Waals surface area contributed by atoms with Gasteiger partial charge in [0.1, 0.15) is 6.04 Å². The van der Waals surface area contributed by atoms with Crippen molar-refractivity contribution in [3.05, 3.63) is 41.6 Å². The molecule has 0 saturated carbocycles. The third kappa shape index (κ3) is 6.09. The van der Waals surface area contributed by atoms with Crippen LogP contribution in [0, 0.1) is 0 Å². The van der Waals surface area contributed by atoms with Crippen LogP contribution in [0.1, 0.15) is 18.4 Å². The number of nitrogens with two attached hydrogens (primary N) is 1. The molecule has 30 heavy (non-hydrogen) atoms. The van der Waals surface area contributed by atoms with Crippen LogP contribution in [0.5, 0.6) is 0 Å². The molecule has 2 aromatic rings.